The molecule has 152 valence electrons. The number of carbonyl (C=O) groups excluding carboxylic acids is 2. The molecule has 0 saturated heterocycles. The van der Waals surface area contributed by atoms with Crippen molar-refractivity contribution in [3.8, 4) is 0 Å². The van der Waals surface area contributed by atoms with Gasteiger partial charge in [-0.15, -0.1) is 0 Å². The molecule has 0 amide bonds. The Kier molecular flexibility index (Phi) is 6.87. The largest absolute Gasteiger partial charge is 0.477 e. The van der Waals surface area contributed by atoms with Crippen molar-refractivity contribution in [3.05, 3.63) is 52.8 Å². The first-order chi connectivity index (χ1) is 13.8. The molecule has 29 heavy (non-hydrogen) atoms. The first kappa shape index (κ1) is 21.4. The van der Waals surface area contributed by atoms with Crippen molar-refractivity contribution in [1.29, 1.82) is 0 Å². The smallest absolute Gasteiger partial charge is 0.357 e. The van der Waals surface area contributed by atoms with Gasteiger partial charge < -0.3 is 20.3 Å². The number of aromatic carboxylic acids is 1. The highest BCUT2D eigenvalue weighted by atomic mass is 16.5. The lowest BCUT2D eigenvalue weighted by molar-refractivity contribution is 0.0584. The van der Waals surface area contributed by atoms with Crippen molar-refractivity contribution < 1.29 is 29.0 Å². The third-order valence-electron chi connectivity index (χ3n) is 3.65. The van der Waals surface area contributed by atoms with Crippen LogP contribution in [-0.4, -0.2) is 62.3 Å². The van der Waals surface area contributed by atoms with E-state index in [1.54, 1.807) is 12.1 Å². The summed E-state index contributed by atoms with van der Waals surface area (Å²) in [6.45, 7) is 1.90. The number of tetrazole rings is 1. The third kappa shape index (κ3) is 5.07. The maximum absolute atomic E-state index is 11.3. The van der Waals surface area contributed by atoms with E-state index in [1.165, 1.54) is 14.2 Å². The highest BCUT2D eigenvalue weighted by Crippen LogP contribution is 2.11. The molecule has 1 atom stereocenters. The second-order valence-corrected chi connectivity index (χ2v) is 5.62. The standard InChI is InChI=1S/C10H13NO2.C7H5N5O4/c1-7(11)8-3-5-9(6-4-8)10(12)13-2;1-16-6(15)4-2-3(5(13)14)8-7-9-10-11-12(4)7/h3-7H,11H2,1-2H3;2H,1H3,(H,13,14)/t7-;/m0./s1. The molecule has 0 radical (unpaired) electrons. The minimum absolute atomic E-state index is 0.00769. The van der Waals surface area contributed by atoms with Crippen LogP contribution in [0.25, 0.3) is 5.78 Å². The van der Waals surface area contributed by atoms with Gasteiger partial charge in [0.05, 0.1) is 19.8 Å². The van der Waals surface area contributed by atoms with E-state index in [0.29, 0.717) is 5.56 Å². The predicted molar refractivity (Wildman–Crippen MR) is 97.3 cm³/mol. The Bertz CT molecular complexity index is 1030. The van der Waals surface area contributed by atoms with E-state index >= 15 is 0 Å². The molecular formula is C17H18N6O6. The predicted octanol–water partition coefficient (Wildman–Crippen LogP) is 0.497. The molecule has 0 unspecified atom stereocenters. The Morgan fingerprint density at radius 3 is 2.24 bits per heavy atom. The topological polar surface area (TPSA) is 172 Å². The average Bonchev–Trinajstić information content (AvgIpc) is 3.21. The lowest BCUT2D eigenvalue weighted by Crippen LogP contribution is -2.13. The molecule has 2 heterocycles. The van der Waals surface area contributed by atoms with Gasteiger partial charge in [-0.2, -0.15) is 4.52 Å². The molecule has 0 spiro atoms. The second-order valence-electron chi connectivity index (χ2n) is 5.62. The Labute approximate surface area is 164 Å². The van der Waals surface area contributed by atoms with Gasteiger partial charge in [-0.05, 0) is 35.0 Å². The number of esters is 2. The summed E-state index contributed by atoms with van der Waals surface area (Å²) in [7, 11) is 2.53. The number of carbonyl (C=O) groups is 3. The average molecular weight is 402 g/mol. The van der Waals surface area contributed by atoms with Gasteiger partial charge in [0.25, 0.3) is 5.78 Å². The molecule has 12 nitrogen and oxygen atoms in total. The number of fused-ring (bicyclic) bond motifs is 1. The van der Waals surface area contributed by atoms with Gasteiger partial charge in [0.1, 0.15) is 0 Å². The van der Waals surface area contributed by atoms with Gasteiger partial charge >= 0.3 is 17.9 Å². The van der Waals surface area contributed by atoms with Gasteiger partial charge in [-0.25, -0.2) is 19.4 Å². The number of methoxy groups -OCH3 is 2. The molecule has 0 saturated carbocycles. The van der Waals surface area contributed by atoms with Crippen LogP contribution in [0.15, 0.2) is 30.3 Å². The number of rotatable bonds is 4. The van der Waals surface area contributed by atoms with Crippen LogP contribution in [0.5, 0.6) is 0 Å². The minimum Gasteiger partial charge on any atom is -0.477 e. The summed E-state index contributed by atoms with van der Waals surface area (Å²) in [5.74, 6) is -2.44. The molecule has 0 aliphatic heterocycles. The van der Waals surface area contributed by atoms with Gasteiger partial charge in [0.15, 0.2) is 11.4 Å². The van der Waals surface area contributed by atoms with Crippen LogP contribution in [0.4, 0.5) is 0 Å². The molecule has 3 N–H and O–H groups in total. The van der Waals surface area contributed by atoms with Crippen LogP contribution in [0, 0.1) is 0 Å². The van der Waals surface area contributed by atoms with Crippen molar-refractivity contribution in [2.45, 2.75) is 13.0 Å². The van der Waals surface area contributed by atoms with Gasteiger partial charge in [0, 0.05) is 12.1 Å². The van der Waals surface area contributed by atoms with Crippen LogP contribution in [-0.2, 0) is 9.47 Å². The molecule has 2 aromatic heterocycles. The molecule has 3 aromatic rings. The molecule has 0 bridgehead atoms. The number of nitrogens with zero attached hydrogens (tertiary/aromatic N) is 5. The maximum Gasteiger partial charge on any atom is 0.357 e. The Morgan fingerprint density at radius 2 is 1.72 bits per heavy atom. The normalized spacial score (nSPS) is 11.2. The maximum atomic E-state index is 11.3. The molecule has 12 heteroatoms. The molecular weight excluding hydrogens is 384 g/mol. The summed E-state index contributed by atoms with van der Waals surface area (Å²) in [5, 5.41) is 19.0. The van der Waals surface area contributed by atoms with E-state index in [4.69, 9.17) is 10.8 Å². The van der Waals surface area contributed by atoms with E-state index in [0.717, 1.165) is 16.1 Å². The summed E-state index contributed by atoms with van der Waals surface area (Å²) in [4.78, 5) is 36.8. The summed E-state index contributed by atoms with van der Waals surface area (Å²) < 4.78 is 10.0. The number of aromatic nitrogens is 5. The van der Waals surface area contributed by atoms with Crippen molar-refractivity contribution in [2.75, 3.05) is 14.2 Å². The Balaban J connectivity index is 0.000000212. The first-order valence-corrected chi connectivity index (χ1v) is 8.13. The van der Waals surface area contributed by atoms with Gasteiger partial charge in [-0.1, -0.05) is 17.2 Å². The highest BCUT2D eigenvalue weighted by molar-refractivity contribution is 5.92. The zero-order valence-corrected chi connectivity index (χ0v) is 15.8. The monoisotopic (exact) mass is 402 g/mol. The Hall–Kier alpha value is -3.93. The van der Waals surface area contributed by atoms with Gasteiger partial charge in [-0.3, -0.25) is 0 Å². The van der Waals surface area contributed by atoms with Crippen molar-refractivity contribution >= 4 is 23.7 Å². The van der Waals surface area contributed by atoms with Crippen LogP contribution in [0.3, 0.4) is 0 Å². The lowest BCUT2D eigenvalue weighted by atomic mass is 10.1. The van der Waals surface area contributed by atoms with Crippen molar-refractivity contribution in [3.63, 3.8) is 0 Å². The van der Waals surface area contributed by atoms with E-state index in [2.05, 4.69) is 30.0 Å². The third-order valence-corrected chi connectivity index (χ3v) is 3.65. The quantitative estimate of drug-likeness (QED) is 0.582. The van der Waals surface area contributed by atoms with E-state index in [1.807, 2.05) is 19.1 Å². The molecule has 0 fully saturated rings. The highest BCUT2D eigenvalue weighted by Gasteiger charge is 2.18. The molecule has 3 rings (SSSR count). The number of carboxylic acids is 1. The Morgan fingerprint density at radius 1 is 1.10 bits per heavy atom. The summed E-state index contributed by atoms with van der Waals surface area (Å²) >= 11 is 0. The fourth-order valence-corrected chi connectivity index (χ4v) is 2.14. The zero-order chi connectivity index (χ0) is 21.6. The number of hydrogen-bond donors (Lipinski definition) is 2. The fraction of sp³-hybridized carbons (Fsp3) is 0.235. The minimum atomic E-state index is -1.28. The SMILES string of the molecule is COC(=O)c1cc(C(=O)O)nc2nnnn12.COC(=O)c1ccc([C@H](C)N)cc1. The lowest BCUT2D eigenvalue weighted by Gasteiger charge is -2.05. The molecule has 1 aromatic carbocycles. The zero-order valence-electron chi connectivity index (χ0n) is 15.8. The van der Waals surface area contributed by atoms with E-state index < -0.39 is 11.9 Å². The number of ether oxygens (including phenoxy) is 2. The van der Waals surface area contributed by atoms with Crippen molar-refractivity contribution in [2.24, 2.45) is 5.73 Å². The van der Waals surface area contributed by atoms with Crippen molar-refractivity contribution in [1.82, 2.24) is 25.0 Å². The van der Waals surface area contributed by atoms with Gasteiger partial charge in [0.2, 0.25) is 0 Å². The first-order valence-electron chi connectivity index (χ1n) is 8.13. The summed E-state index contributed by atoms with van der Waals surface area (Å²) in [5.41, 5.74) is 6.78. The second kappa shape index (κ2) is 9.32. The summed E-state index contributed by atoms with van der Waals surface area (Å²) in [6, 6.07) is 8.12. The molecule has 0 aliphatic rings. The van der Waals surface area contributed by atoms with Crippen LogP contribution in [0.1, 0.15) is 49.9 Å². The van der Waals surface area contributed by atoms with Crippen LogP contribution < -0.4 is 5.73 Å². The van der Waals surface area contributed by atoms with Crippen LogP contribution >= 0.6 is 0 Å². The number of hydrogen-bond acceptors (Lipinski definition) is 10. The number of nitrogens with two attached hydrogens (primary N) is 1. The van der Waals surface area contributed by atoms with Crippen LogP contribution in [0.2, 0.25) is 0 Å². The van der Waals surface area contributed by atoms with E-state index in [-0.39, 0.29) is 29.2 Å². The molecule has 0 aliphatic carbocycles. The number of carboxylic acid groups (broad SMARTS) is 1. The fourth-order valence-electron chi connectivity index (χ4n) is 2.14. The summed E-state index contributed by atoms with van der Waals surface area (Å²) in [6.07, 6.45) is 0. The number of benzene rings is 1. The van der Waals surface area contributed by atoms with E-state index in [9.17, 15) is 14.4 Å².